The second kappa shape index (κ2) is 13.3. The predicted molar refractivity (Wildman–Crippen MR) is 133 cm³/mol. The fourth-order valence-electron chi connectivity index (χ4n) is 4.53. The van der Waals surface area contributed by atoms with Gasteiger partial charge in [0.25, 0.3) is 0 Å². The molecule has 1 saturated carbocycles. The quantitative estimate of drug-likeness (QED) is 0.278. The molecule has 0 amide bonds. The topological polar surface area (TPSA) is 9.23 Å². The number of hydrogen-bond donors (Lipinski definition) is 0. The predicted octanol–water partition coefficient (Wildman–Crippen LogP) is 8.66. The van der Waals surface area contributed by atoms with Gasteiger partial charge in [-0.25, -0.2) is 0 Å². The van der Waals surface area contributed by atoms with Crippen LogP contribution in [-0.4, -0.2) is 6.61 Å². The molecule has 0 atom stereocenters. The van der Waals surface area contributed by atoms with Crippen LogP contribution < -0.4 is 4.74 Å². The Hall–Kier alpha value is -2.20. The Morgan fingerprint density at radius 1 is 0.742 bits per heavy atom. The van der Waals surface area contributed by atoms with Gasteiger partial charge < -0.3 is 4.74 Å². The minimum absolute atomic E-state index is 0.590. The Labute approximate surface area is 190 Å². The molecule has 0 heterocycles. The molecule has 0 N–H and O–H groups in total. The summed E-state index contributed by atoms with van der Waals surface area (Å²) in [6.07, 6.45) is 14.8. The first-order valence-electron chi connectivity index (χ1n) is 12.6. The molecule has 1 heteroatoms. The van der Waals surface area contributed by atoms with E-state index in [1.165, 1.54) is 75.3 Å². The highest BCUT2D eigenvalue weighted by atomic mass is 16.5. The Bertz CT molecular complexity index is 798. The van der Waals surface area contributed by atoms with Crippen LogP contribution in [0, 0.1) is 23.7 Å². The lowest BCUT2D eigenvalue weighted by molar-refractivity contribution is 0.294. The Morgan fingerprint density at radius 3 is 2.03 bits per heavy atom. The Morgan fingerprint density at radius 2 is 1.39 bits per heavy atom. The lowest BCUT2D eigenvalue weighted by atomic mass is 9.80. The molecule has 1 fully saturated rings. The molecular weight excluding hydrogens is 376 g/mol. The highest BCUT2D eigenvalue weighted by molar-refractivity contribution is 5.65. The van der Waals surface area contributed by atoms with Gasteiger partial charge in [0.1, 0.15) is 5.75 Å². The van der Waals surface area contributed by atoms with E-state index in [0.717, 1.165) is 30.3 Å². The van der Waals surface area contributed by atoms with Gasteiger partial charge in [-0.3, -0.25) is 0 Å². The smallest absolute Gasteiger partial charge is 0.119 e. The van der Waals surface area contributed by atoms with Crippen LogP contribution in [0.5, 0.6) is 5.75 Å². The van der Waals surface area contributed by atoms with Crippen LogP contribution in [0.15, 0.2) is 48.5 Å². The second-order valence-electron chi connectivity index (χ2n) is 9.14. The van der Waals surface area contributed by atoms with Crippen molar-refractivity contribution in [1.29, 1.82) is 0 Å². The molecule has 3 rings (SSSR count). The van der Waals surface area contributed by atoms with E-state index in [1.54, 1.807) is 0 Å². The largest absolute Gasteiger partial charge is 0.494 e. The molecule has 31 heavy (non-hydrogen) atoms. The Balaban J connectivity index is 1.44. The average Bonchev–Trinajstić information content (AvgIpc) is 2.83. The zero-order valence-corrected chi connectivity index (χ0v) is 19.7. The van der Waals surface area contributed by atoms with E-state index in [1.807, 2.05) is 0 Å². The van der Waals surface area contributed by atoms with E-state index in [4.69, 9.17) is 4.74 Å². The van der Waals surface area contributed by atoms with Gasteiger partial charge in [0.2, 0.25) is 0 Å². The van der Waals surface area contributed by atoms with Crippen molar-refractivity contribution in [3.63, 3.8) is 0 Å². The molecule has 0 bridgehead atoms. The number of rotatable bonds is 10. The molecule has 0 radical (unpaired) electrons. The minimum Gasteiger partial charge on any atom is -0.494 e. The van der Waals surface area contributed by atoms with Crippen LogP contribution in [0.25, 0.3) is 11.1 Å². The van der Waals surface area contributed by atoms with E-state index in [2.05, 4.69) is 74.2 Å². The molecule has 1 nitrogen and oxygen atoms in total. The third-order valence-corrected chi connectivity index (χ3v) is 6.53. The first kappa shape index (κ1) is 23.5. The highest BCUT2D eigenvalue weighted by Crippen LogP contribution is 2.32. The first-order chi connectivity index (χ1) is 15.3. The lowest BCUT2D eigenvalue weighted by Gasteiger charge is -2.25. The number of hydrogen-bond acceptors (Lipinski definition) is 1. The molecule has 0 aliphatic heterocycles. The number of unbranched alkanes of at least 4 members (excludes halogenated alkanes) is 4. The average molecular weight is 417 g/mol. The van der Waals surface area contributed by atoms with Gasteiger partial charge in [0, 0.05) is 11.5 Å². The Kier molecular flexibility index (Phi) is 10.0. The fourth-order valence-corrected chi connectivity index (χ4v) is 4.53. The van der Waals surface area contributed by atoms with Crippen molar-refractivity contribution >= 4 is 0 Å². The van der Waals surface area contributed by atoms with Gasteiger partial charge in [0.05, 0.1) is 6.61 Å². The fraction of sp³-hybridized carbons (Fsp3) is 0.533. The third kappa shape index (κ3) is 8.10. The van der Waals surface area contributed by atoms with Crippen LogP contribution in [0.1, 0.15) is 90.0 Å². The lowest BCUT2D eigenvalue weighted by Crippen LogP contribution is -2.13. The first-order valence-corrected chi connectivity index (χ1v) is 12.6. The van der Waals surface area contributed by atoms with E-state index in [-0.39, 0.29) is 0 Å². The van der Waals surface area contributed by atoms with Gasteiger partial charge in [-0.15, -0.1) is 0 Å². The van der Waals surface area contributed by atoms with Gasteiger partial charge >= 0.3 is 0 Å². The van der Waals surface area contributed by atoms with E-state index >= 15 is 0 Å². The van der Waals surface area contributed by atoms with Gasteiger partial charge in [-0.2, -0.15) is 0 Å². The molecule has 0 spiro atoms. The standard InChI is InChI=1S/C30H40O/c1-3-5-6-7-8-9-25-10-12-26(13-11-25)14-15-27-16-18-28(19-17-27)29-20-22-30(23-21-29)31-24-4-2/h16-23,25-26H,3-13,24H2,1-2H3/t25-,26-. The molecule has 0 aromatic heterocycles. The number of ether oxygens (including phenoxy) is 1. The summed E-state index contributed by atoms with van der Waals surface area (Å²) in [6, 6.07) is 17.1. The molecule has 2 aromatic carbocycles. The van der Waals surface area contributed by atoms with Crippen molar-refractivity contribution < 1.29 is 4.74 Å². The summed E-state index contributed by atoms with van der Waals surface area (Å²) < 4.78 is 5.68. The van der Waals surface area contributed by atoms with Crippen molar-refractivity contribution in [2.45, 2.75) is 84.5 Å². The molecular formula is C30H40O. The van der Waals surface area contributed by atoms with Crippen LogP contribution in [0.4, 0.5) is 0 Å². The second-order valence-corrected chi connectivity index (χ2v) is 9.14. The van der Waals surface area contributed by atoms with Crippen molar-refractivity contribution in [2.75, 3.05) is 6.61 Å². The van der Waals surface area contributed by atoms with Crippen LogP contribution >= 0.6 is 0 Å². The van der Waals surface area contributed by atoms with E-state index in [9.17, 15) is 0 Å². The highest BCUT2D eigenvalue weighted by Gasteiger charge is 2.19. The maximum Gasteiger partial charge on any atom is 0.119 e. The summed E-state index contributed by atoms with van der Waals surface area (Å²) in [4.78, 5) is 0. The zero-order chi connectivity index (χ0) is 21.7. The van der Waals surface area contributed by atoms with Gasteiger partial charge in [0.15, 0.2) is 0 Å². The van der Waals surface area contributed by atoms with Gasteiger partial charge in [-0.1, -0.05) is 88.5 Å². The summed E-state index contributed by atoms with van der Waals surface area (Å²) in [5.41, 5.74) is 3.58. The molecule has 166 valence electrons. The van der Waals surface area contributed by atoms with Crippen molar-refractivity contribution in [1.82, 2.24) is 0 Å². The zero-order valence-electron chi connectivity index (χ0n) is 19.7. The van der Waals surface area contributed by atoms with Crippen molar-refractivity contribution in [3.05, 3.63) is 54.1 Å². The summed E-state index contributed by atoms with van der Waals surface area (Å²) >= 11 is 0. The molecule has 0 unspecified atom stereocenters. The maximum atomic E-state index is 5.68. The van der Waals surface area contributed by atoms with Crippen molar-refractivity contribution in [3.8, 4) is 28.7 Å². The summed E-state index contributed by atoms with van der Waals surface area (Å²) in [6.45, 7) is 5.19. The minimum atomic E-state index is 0.590. The normalized spacial score (nSPS) is 18.3. The summed E-state index contributed by atoms with van der Waals surface area (Å²) in [7, 11) is 0. The molecule has 2 aromatic rings. The SMILES string of the molecule is CCCCCCC[C@H]1CC[C@H](C#Cc2ccc(-c3ccc(OCCC)cc3)cc2)CC1. The molecule has 0 saturated heterocycles. The molecule has 1 aliphatic rings. The van der Waals surface area contributed by atoms with E-state index < -0.39 is 0 Å². The number of benzene rings is 2. The van der Waals surface area contributed by atoms with Gasteiger partial charge in [-0.05, 0) is 73.4 Å². The molecule has 1 aliphatic carbocycles. The van der Waals surface area contributed by atoms with Crippen LogP contribution in [0.2, 0.25) is 0 Å². The third-order valence-electron chi connectivity index (χ3n) is 6.53. The van der Waals surface area contributed by atoms with E-state index in [0.29, 0.717) is 5.92 Å². The van der Waals surface area contributed by atoms with Crippen molar-refractivity contribution in [2.24, 2.45) is 11.8 Å². The monoisotopic (exact) mass is 416 g/mol. The maximum absolute atomic E-state index is 5.68. The summed E-state index contributed by atoms with van der Waals surface area (Å²) in [5.74, 6) is 9.49. The van der Waals surface area contributed by atoms with Crippen LogP contribution in [0.3, 0.4) is 0 Å². The summed E-state index contributed by atoms with van der Waals surface area (Å²) in [5, 5.41) is 0. The van der Waals surface area contributed by atoms with Crippen LogP contribution in [-0.2, 0) is 0 Å².